The van der Waals surface area contributed by atoms with E-state index in [4.69, 9.17) is 4.74 Å². The summed E-state index contributed by atoms with van der Waals surface area (Å²) in [5.74, 6) is -4.35. The van der Waals surface area contributed by atoms with E-state index in [1.807, 2.05) is 6.07 Å². The van der Waals surface area contributed by atoms with E-state index >= 15 is 0 Å². The monoisotopic (exact) mass is 377 g/mol. The molecule has 1 aliphatic carbocycles. The molecule has 3 rings (SSSR count). The van der Waals surface area contributed by atoms with Crippen LogP contribution in [-0.4, -0.2) is 30.0 Å². The Morgan fingerprint density at radius 1 is 1.04 bits per heavy atom. The fourth-order valence-corrected chi connectivity index (χ4v) is 3.05. The predicted octanol–water partition coefficient (Wildman–Crippen LogP) is 2.91. The van der Waals surface area contributed by atoms with Crippen LogP contribution < -0.4 is 5.32 Å². The lowest BCUT2D eigenvalue weighted by molar-refractivity contribution is -0.137. The number of allylic oxidation sites excluding steroid dienone is 2. The smallest absolute Gasteiger partial charge is 0.338 e. The van der Waals surface area contributed by atoms with Crippen LogP contribution in [0.3, 0.4) is 0 Å². The number of ketones is 2. The van der Waals surface area contributed by atoms with Crippen LogP contribution in [0.25, 0.3) is 0 Å². The predicted molar refractivity (Wildman–Crippen MR) is 103 cm³/mol. The number of carbonyl (C=O) groups is 4. The van der Waals surface area contributed by atoms with Crippen molar-refractivity contribution in [3.63, 3.8) is 0 Å². The molecule has 1 amide bonds. The van der Waals surface area contributed by atoms with Crippen molar-refractivity contribution in [2.75, 3.05) is 11.9 Å². The van der Waals surface area contributed by atoms with Gasteiger partial charge in [0, 0.05) is 5.69 Å². The molecule has 0 heterocycles. The molecule has 1 aliphatic rings. The van der Waals surface area contributed by atoms with Gasteiger partial charge in [-0.25, -0.2) is 4.79 Å². The first kappa shape index (κ1) is 19.2. The Labute approximate surface area is 162 Å². The van der Waals surface area contributed by atoms with Gasteiger partial charge in [0.25, 0.3) is 0 Å². The van der Waals surface area contributed by atoms with Gasteiger partial charge in [-0.2, -0.15) is 0 Å². The second kappa shape index (κ2) is 8.43. The Bertz CT molecular complexity index is 948. The highest BCUT2D eigenvalue weighted by Gasteiger charge is 2.39. The molecule has 6 heteroatoms. The van der Waals surface area contributed by atoms with Gasteiger partial charge in [-0.1, -0.05) is 42.5 Å². The van der Waals surface area contributed by atoms with Crippen LogP contribution in [0.15, 0.2) is 66.7 Å². The highest BCUT2D eigenvalue weighted by Crippen LogP contribution is 2.27. The number of Topliss-reactive ketones (excluding diaryl/α,β-unsaturated/α-hetero) is 1. The van der Waals surface area contributed by atoms with Gasteiger partial charge in [-0.05, 0) is 36.8 Å². The van der Waals surface area contributed by atoms with Crippen LogP contribution in [0.5, 0.6) is 0 Å². The summed E-state index contributed by atoms with van der Waals surface area (Å²) in [4.78, 5) is 49.6. The summed E-state index contributed by atoms with van der Waals surface area (Å²) >= 11 is 0. The zero-order chi connectivity index (χ0) is 20.1. The van der Waals surface area contributed by atoms with Gasteiger partial charge >= 0.3 is 5.97 Å². The van der Waals surface area contributed by atoms with Gasteiger partial charge in [0.1, 0.15) is 0 Å². The van der Waals surface area contributed by atoms with Crippen molar-refractivity contribution < 1.29 is 23.9 Å². The minimum Gasteiger partial charge on any atom is -0.462 e. The van der Waals surface area contributed by atoms with Crippen LogP contribution in [0.4, 0.5) is 5.69 Å². The number of esters is 1. The average Bonchev–Trinajstić information content (AvgIpc) is 2.69. The van der Waals surface area contributed by atoms with Crippen molar-refractivity contribution in [2.45, 2.75) is 12.8 Å². The second-order valence-corrected chi connectivity index (χ2v) is 6.28. The number of ether oxygens (including phenoxy) is 1. The third kappa shape index (κ3) is 4.06. The first-order valence-electron chi connectivity index (χ1n) is 8.90. The van der Waals surface area contributed by atoms with Crippen LogP contribution in [-0.2, 0) is 19.1 Å². The standard InChI is InChI=1S/C22H19NO5/c1-2-28-22(27)15-9-6-10-16(13-15)23-21(26)19-18(24)12-11-17(20(19)25)14-7-4-3-5-8-14/h3-13,17,19H,2H2,1H3,(H,23,26). The number of amides is 1. The molecule has 2 aromatic carbocycles. The molecule has 1 N–H and O–H groups in total. The Hall–Kier alpha value is -3.54. The maximum absolute atomic E-state index is 12.8. The summed E-state index contributed by atoms with van der Waals surface area (Å²) < 4.78 is 4.93. The molecule has 0 aliphatic heterocycles. The normalized spacial score (nSPS) is 18.6. The van der Waals surface area contributed by atoms with Crippen molar-refractivity contribution in [3.05, 3.63) is 77.9 Å². The van der Waals surface area contributed by atoms with E-state index in [0.29, 0.717) is 5.69 Å². The van der Waals surface area contributed by atoms with Crippen molar-refractivity contribution in [2.24, 2.45) is 5.92 Å². The molecular formula is C22H19NO5. The number of nitrogens with one attached hydrogen (secondary N) is 1. The number of hydrogen-bond donors (Lipinski definition) is 1. The van der Waals surface area contributed by atoms with Crippen LogP contribution in [0.2, 0.25) is 0 Å². The molecule has 142 valence electrons. The lowest BCUT2D eigenvalue weighted by Gasteiger charge is -2.22. The van der Waals surface area contributed by atoms with Gasteiger partial charge in [-0.3, -0.25) is 14.4 Å². The van der Waals surface area contributed by atoms with E-state index in [1.54, 1.807) is 49.4 Å². The number of benzene rings is 2. The number of hydrogen-bond acceptors (Lipinski definition) is 5. The Kier molecular flexibility index (Phi) is 5.79. The van der Waals surface area contributed by atoms with Crippen LogP contribution >= 0.6 is 0 Å². The van der Waals surface area contributed by atoms with Gasteiger partial charge in [0.05, 0.1) is 18.1 Å². The van der Waals surface area contributed by atoms with E-state index < -0.39 is 35.3 Å². The lowest BCUT2D eigenvalue weighted by atomic mass is 9.80. The molecule has 0 aromatic heterocycles. The van der Waals surface area contributed by atoms with Crippen molar-refractivity contribution in [1.82, 2.24) is 0 Å². The van der Waals surface area contributed by atoms with Crippen LogP contribution in [0, 0.1) is 5.92 Å². The number of anilines is 1. The third-order valence-corrected chi connectivity index (χ3v) is 4.39. The molecule has 0 spiro atoms. The Morgan fingerprint density at radius 2 is 1.79 bits per heavy atom. The fourth-order valence-electron chi connectivity index (χ4n) is 3.05. The zero-order valence-corrected chi connectivity index (χ0v) is 15.3. The van der Waals surface area contributed by atoms with E-state index in [1.165, 1.54) is 18.2 Å². The molecule has 2 atom stereocenters. The quantitative estimate of drug-likeness (QED) is 0.639. The second-order valence-electron chi connectivity index (χ2n) is 6.28. The Morgan fingerprint density at radius 3 is 2.50 bits per heavy atom. The van der Waals surface area contributed by atoms with Crippen LogP contribution in [0.1, 0.15) is 28.8 Å². The summed E-state index contributed by atoms with van der Waals surface area (Å²) in [6.07, 6.45) is 2.80. The van der Waals surface area contributed by atoms with Gasteiger partial charge < -0.3 is 10.1 Å². The van der Waals surface area contributed by atoms with Crippen molar-refractivity contribution in [3.8, 4) is 0 Å². The minimum atomic E-state index is -1.43. The molecule has 0 radical (unpaired) electrons. The van der Waals surface area contributed by atoms with Gasteiger partial charge in [0.15, 0.2) is 17.5 Å². The molecule has 0 bridgehead atoms. The van der Waals surface area contributed by atoms with Gasteiger partial charge in [0.2, 0.25) is 5.91 Å². The maximum Gasteiger partial charge on any atom is 0.338 e. The maximum atomic E-state index is 12.8. The highest BCUT2D eigenvalue weighted by molar-refractivity contribution is 6.27. The molecule has 0 saturated heterocycles. The van der Waals surface area contributed by atoms with Crippen molar-refractivity contribution in [1.29, 1.82) is 0 Å². The van der Waals surface area contributed by atoms with E-state index in [0.717, 1.165) is 5.56 Å². The van der Waals surface area contributed by atoms with Gasteiger partial charge in [-0.15, -0.1) is 0 Å². The van der Waals surface area contributed by atoms with E-state index in [2.05, 4.69) is 5.32 Å². The number of rotatable bonds is 5. The molecule has 6 nitrogen and oxygen atoms in total. The molecule has 0 fully saturated rings. The molecule has 0 saturated carbocycles. The first-order chi connectivity index (χ1) is 13.5. The first-order valence-corrected chi connectivity index (χ1v) is 8.90. The summed E-state index contributed by atoms with van der Waals surface area (Å²) in [6, 6.07) is 15.1. The lowest BCUT2D eigenvalue weighted by Crippen LogP contribution is -2.40. The summed E-state index contributed by atoms with van der Waals surface area (Å²) in [5, 5.41) is 2.56. The van der Waals surface area contributed by atoms with E-state index in [-0.39, 0.29) is 12.2 Å². The largest absolute Gasteiger partial charge is 0.462 e. The SMILES string of the molecule is CCOC(=O)c1cccc(NC(=O)C2C(=O)C=CC(c3ccccc3)C2=O)c1. The molecule has 2 aromatic rings. The minimum absolute atomic E-state index is 0.230. The highest BCUT2D eigenvalue weighted by atomic mass is 16.5. The molecule has 2 unspecified atom stereocenters. The topological polar surface area (TPSA) is 89.5 Å². The summed E-state index contributed by atoms with van der Waals surface area (Å²) in [7, 11) is 0. The molecular weight excluding hydrogens is 358 g/mol. The van der Waals surface area contributed by atoms with Crippen molar-refractivity contribution >= 4 is 29.1 Å². The zero-order valence-electron chi connectivity index (χ0n) is 15.3. The van der Waals surface area contributed by atoms with E-state index in [9.17, 15) is 19.2 Å². The fraction of sp³-hybridized carbons (Fsp3) is 0.182. The number of carbonyl (C=O) groups excluding carboxylic acids is 4. The summed E-state index contributed by atoms with van der Waals surface area (Å²) in [6.45, 7) is 1.92. The summed E-state index contributed by atoms with van der Waals surface area (Å²) in [5.41, 5.74) is 1.29. The average molecular weight is 377 g/mol. The molecule has 28 heavy (non-hydrogen) atoms. The third-order valence-electron chi connectivity index (χ3n) is 4.39. The Balaban J connectivity index is 1.79.